The van der Waals surface area contributed by atoms with Crippen LogP contribution in [0, 0.1) is 0 Å². The largest absolute Gasteiger partial charge is 0.357 e. The Hall–Kier alpha value is -1.57. The lowest BCUT2D eigenvalue weighted by Gasteiger charge is -2.09. The molecular formula is C12H12N2. The van der Waals surface area contributed by atoms with Crippen LogP contribution in [0.2, 0.25) is 0 Å². The van der Waals surface area contributed by atoms with E-state index in [-0.39, 0.29) is 0 Å². The molecule has 2 heterocycles. The smallest absolute Gasteiger partial charge is 0.0956 e. The molecule has 0 radical (unpaired) electrons. The molecule has 0 spiro atoms. The van der Waals surface area contributed by atoms with E-state index in [9.17, 15) is 0 Å². The van der Waals surface area contributed by atoms with E-state index in [0.29, 0.717) is 0 Å². The number of allylic oxidation sites excluding steroid dienone is 2. The van der Waals surface area contributed by atoms with Crippen LogP contribution in [0.5, 0.6) is 0 Å². The van der Waals surface area contributed by atoms with Crippen LogP contribution in [0.3, 0.4) is 0 Å². The van der Waals surface area contributed by atoms with Gasteiger partial charge in [-0.25, -0.2) is 0 Å². The van der Waals surface area contributed by atoms with E-state index in [1.807, 2.05) is 12.3 Å². The molecule has 0 aliphatic heterocycles. The third-order valence-electron chi connectivity index (χ3n) is 2.87. The first-order chi connectivity index (χ1) is 6.86. The van der Waals surface area contributed by atoms with E-state index in [1.54, 1.807) is 0 Å². The van der Waals surface area contributed by atoms with Gasteiger partial charge in [-0.2, -0.15) is 0 Å². The second kappa shape index (κ2) is 2.71. The Morgan fingerprint density at radius 1 is 1.43 bits per heavy atom. The molecule has 0 bridgehead atoms. The fourth-order valence-electron chi connectivity index (χ4n) is 2.22. The summed E-state index contributed by atoms with van der Waals surface area (Å²) in [7, 11) is 0. The van der Waals surface area contributed by atoms with Crippen molar-refractivity contribution in [3.63, 3.8) is 0 Å². The van der Waals surface area contributed by atoms with Crippen molar-refractivity contribution in [1.29, 1.82) is 0 Å². The Balaban J connectivity index is 2.42. The van der Waals surface area contributed by atoms with Crippen molar-refractivity contribution in [3.05, 3.63) is 35.7 Å². The lowest BCUT2D eigenvalue weighted by molar-refractivity contribution is 0.942. The summed E-state index contributed by atoms with van der Waals surface area (Å²) in [5, 5.41) is 0. The number of hydrogen-bond donors (Lipinski definition) is 1. The summed E-state index contributed by atoms with van der Waals surface area (Å²) in [6.07, 6.45) is 6.41. The van der Waals surface area contributed by atoms with E-state index < -0.39 is 0 Å². The number of nitrogens with one attached hydrogen (secondary N) is 1. The minimum absolute atomic E-state index is 1.11. The van der Waals surface area contributed by atoms with Crippen molar-refractivity contribution >= 4 is 16.6 Å². The summed E-state index contributed by atoms with van der Waals surface area (Å²) in [6.45, 7) is 2.17. The molecule has 0 unspecified atom stereocenters. The van der Waals surface area contributed by atoms with Gasteiger partial charge in [-0.05, 0) is 37.5 Å². The Bertz CT molecular complexity index is 520. The first kappa shape index (κ1) is 7.80. The van der Waals surface area contributed by atoms with Crippen LogP contribution in [-0.2, 0) is 6.42 Å². The molecule has 3 rings (SSSR count). The van der Waals surface area contributed by atoms with Crippen LogP contribution in [0.1, 0.15) is 24.6 Å². The average Bonchev–Trinajstić information content (AvgIpc) is 2.57. The van der Waals surface area contributed by atoms with Crippen LogP contribution in [-0.4, -0.2) is 9.97 Å². The average molecular weight is 184 g/mol. The summed E-state index contributed by atoms with van der Waals surface area (Å²) in [4.78, 5) is 7.88. The molecule has 70 valence electrons. The molecular weight excluding hydrogens is 172 g/mol. The lowest BCUT2D eigenvalue weighted by atomic mass is 9.97. The van der Waals surface area contributed by atoms with Crippen LogP contribution >= 0.6 is 0 Å². The summed E-state index contributed by atoms with van der Waals surface area (Å²) < 4.78 is 0. The Labute approximate surface area is 82.7 Å². The fourth-order valence-corrected chi connectivity index (χ4v) is 2.22. The predicted octanol–water partition coefficient (Wildman–Crippen LogP) is 2.91. The fraction of sp³-hybridized carbons (Fsp3) is 0.250. The van der Waals surface area contributed by atoms with Gasteiger partial charge in [0.05, 0.1) is 11.0 Å². The minimum atomic E-state index is 1.11. The second-order valence-corrected chi connectivity index (χ2v) is 3.80. The van der Waals surface area contributed by atoms with E-state index >= 15 is 0 Å². The van der Waals surface area contributed by atoms with Crippen LogP contribution in [0.15, 0.2) is 24.4 Å². The number of aryl methyl sites for hydroxylation is 1. The quantitative estimate of drug-likeness (QED) is 0.670. The van der Waals surface area contributed by atoms with Crippen LogP contribution < -0.4 is 0 Å². The molecule has 1 aliphatic carbocycles. The first-order valence-corrected chi connectivity index (χ1v) is 4.99. The van der Waals surface area contributed by atoms with Gasteiger partial charge in [0.1, 0.15) is 0 Å². The van der Waals surface area contributed by atoms with Gasteiger partial charge in [0.2, 0.25) is 0 Å². The van der Waals surface area contributed by atoms with Gasteiger partial charge >= 0.3 is 0 Å². The van der Waals surface area contributed by atoms with Gasteiger partial charge in [-0.1, -0.05) is 6.08 Å². The Kier molecular flexibility index (Phi) is 1.51. The predicted molar refractivity (Wildman–Crippen MR) is 58.1 cm³/mol. The molecule has 2 heteroatoms. The van der Waals surface area contributed by atoms with Crippen LogP contribution in [0.25, 0.3) is 16.6 Å². The molecule has 2 nitrogen and oxygen atoms in total. The Morgan fingerprint density at radius 2 is 2.36 bits per heavy atom. The van der Waals surface area contributed by atoms with Crippen molar-refractivity contribution in [2.24, 2.45) is 0 Å². The Morgan fingerprint density at radius 3 is 3.29 bits per heavy atom. The lowest BCUT2D eigenvalue weighted by Crippen LogP contribution is -1.95. The number of aromatic nitrogens is 2. The van der Waals surface area contributed by atoms with Gasteiger partial charge in [-0.15, -0.1) is 0 Å². The molecule has 0 atom stereocenters. The number of nitrogens with zero attached hydrogens (tertiary/aromatic N) is 1. The molecule has 14 heavy (non-hydrogen) atoms. The molecule has 0 amide bonds. The zero-order valence-corrected chi connectivity index (χ0v) is 8.17. The maximum absolute atomic E-state index is 4.43. The van der Waals surface area contributed by atoms with E-state index in [2.05, 4.69) is 29.0 Å². The molecule has 0 saturated heterocycles. The normalized spacial score (nSPS) is 15.4. The monoisotopic (exact) mass is 184 g/mol. The summed E-state index contributed by atoms with van der Waals surface area (Å²) in [6, 6.07) is 4.07. The molecule has 1 aliphatic rings. The molecule has 1 N–H and O–H groups in total. The number of H-pyrrole nitrogens is 1. The maximum atomic E-state index is 4.43. The van der Waals surface area contributed by atoms with E-state index in [4.69, 9.17) is 0 Å². The van der Waals surface area contributed by atoms with Gasteiger partial charge < -0.3 is 4.98 Å². The molecule has 2 aromatic rings. The zero-order valence-electron chi connectivity index (χ0n) is 8.17. The highest BCUT2D eigenvalue weighted by Crippen LogP contribution is 2.31. The number of fused-ring (bicyclic) bond motifs is 3. The summed E-state index contributed by atoms with van der Waals surface area (Å²) in [5.41, 5.74) is 6.31. The van der Waals surface area contributed by atoms with Crippen molar-refractivity contribution in [2.45, 2.75) is 19.8 Å². The maximum Gasteiger partial charge on any atom is 0.0956 e. The number of hydrogen-bond acceptors (Lipinski definition) is 1. The first-order valence-electron chi connectivity index (χ1n) is 4.99. The summed E-state index contributed by atoms with van der Waals surface area (Å²) >= 11 is 0. The highest BCUT2D eigenvalue weighted by Gasteiger charge is 2.15. The highest BCUT2D eigenvalue weighted by atomic mass is 14.8. The molecule has 0 aromatic carbocycles. The summed E-state index contributed by atoms with van der Waals surface area (Å²) in [5.74, 6) is 0. The van der Waals surface area contributed by atoms with Crippen LogP contribution in [0.4, 0.5) is 0 Å². The third kappa shape index (κ3) is 0.939. The zero-order chi connectivity index (χ0) is 9.54. The van der Waals surface area contributed by atoms with Crippen molar-refractivity contribution in [3.8, 4) is 0 Å². The second-order valence-electron chi connectivity index (χ2n) is 3.80. The van der Waals surface area contributed by atoms with Crippen molar-refractivity contribution < 1.29 is 0 Å². The van der Waals surface area contributed by atoms with Gasteiger partial charge in [0.15, 0.2) is 0 Å². The minimum Gasteiger partial charge on any atom is -0.357 e. The SMILES string of the molecule is CC1=CCCc2[nH]c3cccnc3c21. The molecule has 2 aromatic heterocycles. The number of aromatic amines is 1. The molecule has 0 fully saturated rings. The van der Waals surface area contributed by atoms with E-state index in [1.165, 1.54) is 16.8 Å². The van der Waals surface area contributed by atoms with Gasteiger partial charge in [-0.3, -0.25) is 4.98 Å². The number of pyridine rings is 1. The van der Waals surface area contributed by atoms with Gasteiger partial charge in [0.25, 0.3) is 0 Å². The van der Waals surface area contributed by atoms with E-state index in [0.717, 1.165) is 23.9 Å². The van der Waals surface area contributed by atoms with Crippen molar-refractivity contribution in [2.75, 3.05) is 0 Å². The highest BCUT2D eigenvalue weighted by molar-refractivity contribution is 5.91. The third-order valence-corrected chi connectivity index (χ3v) is 2.87. The topological polar surface area (TPSA) is 28.7 Å². The standard InChI is InChI=1S/C12H12N2/c1-8-4-2-5-9-11(8)12-10(14-9)6-3-7-13-12/h3-4,6-7,14H,2,5H2,1H3. The van der Waals surface area contributed by atoms with Crippen molar-refractivity contribution in [1.82, 2.24) is 9.97 Å². The molecule has 0 saturated carbocycles. The number of rotatable bonds is 0. The van der Waals surface area contributed by atoms with Gasteiger partial charge in [0, 0.05) is 17.5 Å².